The summed E-state index contributed by atoms with van der Waals surface area (Å²) in [6.45, 7) is 3.54. The van der Waals surface area contributed by atoms with Gasteiger partial charge in [-0.1, -0.05) is 17.8 Å². The summed E-state index contributed by atoms with van der Waals surface area (Å²) >= 11 is 1.62. The maximum Gasteiger partial charge on any atom is 0.221 e. The number of carbonyl (C=O) groups is 1. The molecule has 3 nitrogen and oxygen atoms in total. The first-order valence-electron chi connectivity index (χ1n) is 5.96. The molecule has 0 saturated heterocycles. The van der Waals surface area contributed by atoms with Crippen LogP contribution in [-0.4, -0.2) is 5.91 Å². The Labute approximate surface area is 117 Å². The number of rotatable bonds is 3. The molecule has 0 aromatic heterocycles. The molecule has 4 heteroatoms. The van der Waals surface area contributed by atoms with Crippen molar-refractivity contribution in [3.8, 4) is 0 Å². The number of benzene rings is 2. The number of nitrogens with one attached hydrogen (secondary N) is 1. The van der Waals surface area contributed by atoms with Crippen LogP contribution in [0.4, 0.5) is 11.4 Å². The van der Waals surface area contributed by atoms with E-state index in [0.717, 1.165) is 21.2 Å². The van der Waals surface area contributed by atoms with Crippen LogP contribution in [0.1, 0.15) is 12.5 Å². The highest BCUT2D eigenvalue weighted by molar-refractivity contribution is 7.99. The van der Waals surface area contributed by atoms with E-state index >= 15 is 0 Å². The van der Waals surface area contributed by atoms with Crippen molar-refractivity contribution in [2.75, 3.05) is 11.1 Å². The van der Waals surface area contributed by atoms with Gasteiger partial charge in [-0.2, -0.15) is 0 Å². The maximum atomic E-state index is 10.9. The minimum absolute atomic E-state index is 0.0664. The lowest BCUT2D eigenvalue weighted by Gasteiger charge is -2.07. The molecule has 2 aromatic carbocycles. The van der Waals surface area contributed by atoms with Crippen LogP contribution in [0.2, 0.25) is 0 Å². The monoisotopic (exact) mass is 272 g/mol. The Morgan fingerprint density at radius 1 is 1.16 bits per heavy atom. The third-order valence-corrected chi connectivity index (χ3v) is 3.65. The van der Waals surface area contributed by atoms with Gasteiger partial charge in [0.15, 0.2) is 0 Å². The van der Waals surface area contributed by atoms with Gasteiger partial charge in [0.05, 0.1) is 0 Å². The van der Waals surface area contributed by atoms with Gasteiger partial charge in [0, 0.05) is 28.1 Å². The molecule has 0 fully saturated rings. The quantitative estimate of drug-likeness (QED) is 0.838. The van der Waals surface area contributed by atoms with E-state index in [1.807, 2.05) is 43.3 Å². The summed E-state index contributed by atoms with van der Waals surface area (Å²) in [6, 6.07) is 13.7. The van der Waals surface area contributed by atoms with Gasteiger partial charge in [0.2, 0.25) is 5.91 Å². The van der Waals surface area contributed by atoms with Gasteiger partial charge in [-0.15, -0.1) is 0 Å². The standard InChI is InChI=1S/C15H16N2OS/c1-10-3-8-14(16)15(9-10)19-13-6-4-12(5-7-13)17-11(2)18/h3-9H,16H2,1-2H3,(H,17,18). The molecule has 19 heavy (non-hydrogen) atoms. The zero-order valence-electron chi connectivity index (χ0n) is 10.9. The Kier molecular flexibility index (Phi) is 4.12. The summed E-state index contributed by atoms with van der Waals surface area (Å²) in [5.74, 6) is -0.0664. The van der Waals surface area contributed by atoms with Gasteiger partial charge in [-0.25, -0.2) is 0 Å². The second-order valence-corrected chi connectivity index (χ2v) is 5.46. The number of nitrogen functional groups attached to an aromatic ring is 1. The van der Waals surface area contributed by atoms with Crippen LogP contribution in [0.3, 0.4) is 0 Å². The fraction of sp³-hybridized carbons (Fsp3) is 0.133. The fourth-order valence-corrected chi connectivity index (χ4v) is 2.62. The molecule has 2 rings (SSSR count). The first kappa shape index (κ1) is 13.5. The molecule has 2 aromatic rings. The van der Waals surface area contributed by atoms with Crippen LogP contribution in [0.15, 0.2) is 52.3 Å². The molecule has 0 bridgehead atoms. The highest BCUT2D eigenvalue weighted by Gasteiger charge is 2.03. The Bertz CT molecular complexity index is 594. The van der Waals surface area contributed by atoms with Gasteiger partial charge in [-0.3, -0.25) is 4.79 Å². The number of anilines is 2. The summed E-state index contributed by atoms with van der Waals surface area (Å²) in [4.78, 5) is 13.1. The lowest BCUT2D eigenvalue weighted by Crippen LogP contribution is -2.05. The molecule has 0 unspecified atom stereocenters. The topological polar surface area (TPSA) is 55.1 Å². The molecular formula is C15H16N2OS. The van der Waals surface area contributed by atoms with Crippen molar-refractivity contribution in [2.24, 2.45) is 0 Å². The van der Waals surface area contributed by atoms with Gasteiger partial charge < -0.3 is 11.1 Å². The van der Waals surface area contributed by atoms with E-state index in [2.05, 4.69) is 11.4 Å². The van der Waals surface area contributed by atoms with Crippen molar-refractivity contribution in [1.82, 2.24) is 0 Å². The minimum atomic E-state index is -0.0664. The van der Waals surface area contributed by atoms with E-state index in [1.54, 1.807) is 11.8 Å². The van der Waals surface area contributed by atoms with Crippen LogP contribution in [0.25, 0.3) is 0 Å². The molecule has 3 N–H and O–H groups in total. The van der Waals surface area contributed by atoms with Crippen molar-refractivity contribution >= 4 is 29.0 Å². The molecule has 98 valence electrons. The Morgan fingerprint density at radius 2 is 1.84 bits per heavy atom. The second-order valence-electron chi connectivity index (χ2n) is 4.35. The van der Waals surface area contributed by atoms with Crippen LogP contribution >= 0.6 is 11.8 Å². The van der Waals surface area contributed by atoms with E-state index in [-0.39, 0.29) is 5.91 Å². The fourth-order valence-electron chi connectivity index (χ4n) is 1.67. The average molecular weight is 272 g/mol. The largest absolute Gasteiger partial charge is 0.398 e. The lowest BCUT2D eigenvalue weighted by atomic mass is 10.2. The van der Waals surface area contributed by atoms with E-state index in [4.69, 9.17) is 5.73 Å². The summed E-state index contributed by atoms with van der Waals surface area (Å²) in [5.41, 5.74) is 8.72. The predicted molar refractivity (Wildman–Crippen MR) is 80.5 cm³/mol. The molecule has 0 spiro atoms. The molecule has 0 aliphatic carbocycles. The first-order chi connectivity index (χ1) is 9.04. The van der Waals surface area contributed by atoms with E-state index in [1.165, 1.54) is 12.5 Å². The smallest absolute Gasteiger partial charge is 0.221 e. The number of hydrogen-bond donors (Lipinski definition) is 2. The van der Waals surface area contributed by atoms with E-state index in [9.17, 15) is 4.79 Å². The van der Waals surface area contributed by atoms with Gasteiger partial charge in [-0.05, 0) is 48.9 Å². The Morgan fingerprint density at radius 3 is 2.47 bits per heavy atom. The summed E-state index contributed by atoms with van der Waals surface area (Å²) < 4.78 is 0. The lowest BCUT2D eigenvalue weighted by molar-refractivity contribution is -0.114. The Balaban J connectivity index is 2.15. The average Bonchev–Trinajstić information content (AvgIpc) is 2.35. The van der Waals surface area contributed by atoms with Crippen LogP contribution in [0.5, 0.6) is 0 Å². The third kappa shape index (κ3) is 3.76. The number of aryl methyl sites for hydroxylation is 1. The van der Waals surface area contributed by atoms with E-state index in [0.29, 0.717) is 0 Å². The molecular weight excluding hydrogens is 256 g/mol. The van der Waals surface area contributed by atoms with Crippen molar-refractivity contribution in [2.45, 2.75) is 23.6 Å². The number of nitrogens with two attached hydrogens (primary N) is 1. The molecule has 0 saturated carbocycles. The molecule has 0 aliphatic rings. The second kappa shape index (κ2) is 5.80. The van der Waals surface area contributed by atoms with Gasteiger partial charge >= 0.3 is 0 Å². The van der Waals surface area contributed by atoms with Gasteiger partial charge in [0.25, 0.3) is 0 Å². The molecule has 1 amide bonds. The van der Waals surface area contributed by atoms with Crippen LogP contribution in [-0.2, 0) is 4.79 Å². The number of hydrogen-bond acceptors (Lipinski definition) is 3. The Hall–Kier alpha value is -1.94. The highest BCUT2D eigenvalue weighted by atomic mass is 32.2. The number of amides is 1. The van der Waals surface area contributed by atoms with Crippen LogP contribution < -0.4 is 11.1 Å². The zero-order chi connectivity index (χ0) is 13.8. The highest BCUT2D eigenvalue weighted by Crippen LogP contribution is 2.33. The summed E-state index contributed by atoms with van der Waals surface area (Å²) in [5, 5.41) is 2.74. The molecule has 0 aliphatic heterocycles. The summed E-state index contributed by atoms with van der Waals surface area (Å²) in [6.07, 6.45) is 0. The maximum absolute atomic E-state index is 10.9. The molecule has 0 heterocycles. The molecule has 0 atom stereocenters. The normalized spacial score (nSPS) is 10.2. The van der Waals surface area contributed by atoms with Gasteiger partial charge in [0.1, 0.15) is 0 Å². The number of carbonyl (C=O) groups excluding carboxylic acids is 1. The summed E-state index contributed by atoms with van der Waals surface area (Å²) in [7, 11) is 0. The van der Waals surface area contributed by atoms with Crippen molar-refractivity contribution in [3.63, 3.8) is 0 Å². The minimum Gasteiger partial charge on any atom is -0.398 e. The van der Waals surface area contributed by atoms with E-state index < -0.39 is 0 Å². The van der Waals surface area contributed by atoms with Crippen molar-refractivity contribution in [3.05, 3.63) is 48.0 Å². The molecule has 0 radical (unpaired) electrons. The van der Waals surface area contributed by atoms with Crippen molar-refractivity contribution < 1.29 is 4.79 Å². The van der Waals surface area contributed by atoms with Crippen molar-refractivity contribution in [1.29, 1.82) is 0 Å². The van der Waals surface area contributed by atoms with Crippen LogP contribution in [0, 0.1) is 6.92 Å². The first-order valence-corrected chi connectivity index (χ1v) is 6.78. The SMILES string of the molecule is CC(=O)Nc1ccc(Sc2cc(C)ccc2N)cc1. The third-order valence-electron chi connectivity index (χ3n) is 2.57. The predicted octanol–water partition coefficient (Wildman–Crippen LogP) is 3.69. The zero-order valence-corrected chi connectivity index (χ0v) is 11.8.